The van der Waals surface area contributed by atoms with E-state index >= 15 is 0 Å². The molecule has 0 aliphatic carbocycles. The molecule has 0 spiro atoms. The summed E-state index contributed by atoms with van der Waals surface area (Å²) in [6.07, 6.45) is 9.11. The first-order valence-electron chi connectivity index (χ1n) is 7.42. The van der Waals surface area contributed by atoms with Gasteiger partial charge in [-0.25, -0.2) is 0 Å². The van der Waals surface area contributed by atoms with Crippen LogP contribution in [0.15, 0.2) is 60.2 Å². The van der Waals surface area contributed by atoms with Crippen molar-refractivity contribution in [3.63, 3.8) is 0 Å². The highest BCUT2D eigenvalue weighted by Crippen LogP contribution is 2.14. The number of hydrogen-bond acceptors (Lipinski definition) is 3. The number of ether oxygens (including phenoxy) is 1. The monoisotopic (exact) mass is 313 g/mol. The summed E-state index contributed by atoms with van der Waals surface area (Å²) in [5.74, 6) is 0.675. The van der Waals surface area contributed by atoms with E-state index in [1.807, 2.05) is 44.2 Å². The second-order valence-corrected chi connectivity index (χ2v) is 5.08. The van der Waals surface area contributed by atoms with Gasteiger partial charge in [0, 0.05) is 19.2 Å². The van der Waals surface area contributed by atoms with Crippen molar-refractivity contribution in [2.24, 2.45) is 0 Å². The minimum absolute atomic E-state index is 0.0995. The molecule has 122 valence electrons. The number of nitrogens with zero attached hydrogens (tertiary/aromatic N) is 1. The summed E-state index contributed by atoms with van der Waals surface area (Å²) in [6.45, 7) is 4.59. The fourth-order valence-electron chi connectivity index (χ4n) is 1.99. The molecule has 0 aromatic heterocycles. The molecule has 0 unspecified atom stereocenters. The second kappa shape index (κ2) is 10.2. The number of rotatable bonds is 8. The Balaban J connectivity index is 2.90. The molecule has 4 heteroatoms. The molecule has 23 heavy (non-hydrogen) atoms. The molecular formula is C19H23NO3. The number of benzene rings is 1. The van der Waals surface area contributed by atoms with Gasteiger partial charge in [0.1, 0.15) is 12.0 Å². The summed E-state index contributed by atoms with van der Waals surface area (Å²) in [5.41, 5.74) is 1.83. The standard InChI is InChI=1S/C19H23NO3/c1-4-5-6-7-19(22)20(14-16(2)12-13-21)15-17-8-10-18(23-3)11-9-17/h4-13H,14-15H2,1-3H3/b5-4+,7-6+,16-12+. The van der Waals surface area contributed by atoms with Crippen LogP contribution in [0.1, 0.15) is 19.4 Å². The van der Waals surface area contributed by atoms with Crippen molar-refractivity contribution < 1.29 is 14.3 Å². The van der Waals surface area contributed by atoms with Gasteiger partial charge in [0.15, 0.2) is 0 Å². The van der Waals surface area contributed by atoms with Crippen molar-refractivity contribution in [2.45, 2.75) is 20.4 Å². The zero-order valence-corrected chi connectivity index (χ0v) is 13.9. The molecule has 1 rings (SSSR count). The minimum atomic E-state index is -0.0995. The third-order valence-corrected chi connectivity index (χ3v) is 3.18. The zero-order valence-electron chi connectivity index (χ0n) is 13.9. The summed E-state index contributed by atoms with van der Waals surface area (Å²) in [7, 11) is 1.62. The number of amides is 1. The fourth-order valence-corrected chi connectivity index (χ4v) is 1.99. The predicted molar refractivity (Wildman–Crippen MR) is 92.2 cm³/mol. The summed E-state index contributed by atoms with van der Waals surface area (Å²) in [6, 6.07) is 7.57. The lowest BCUT2D eigenvalue weighted by Gasteiger charge is -2.22. The molecule has 0 bridgehead atoms. The molecule has 0 atom stereocenters. The third kappa shape index (κ3) is 6.78. The van der Waals surface area contributed by atoms with Crippen LogP contribution in [0, 0.1) is 0 Å². The number of aldehydes is 1. The molecule has 0 radical (unpaired) electrons. The van der Waals surface area contributed by atoms with Crippen LogP contribution in [-0.4, -0.2) is 30.7 Å². The quantitative estimate of drug-likeness (QED) is 0.420. The number of carbonyl (C=O) groups is 2. The van der Waals surface area contributed by atoms with E-state index in [4.69, 9.17) is 4.74 Å². The largest absolute Gasteiger partial charge is 0.497 e. The summed E-state index contributed by atoms with van der Waals surface area (Å²) in [5, 5.41) is 0. The van der Waals surface area contributed by atoms with Gasteiger partial charge in [0.05, 0.1) is 7.11 Å². The van der Waals surface area contributed by atoms with Crippen LogP contribution >= 0.6 is 0 Å². The van der Waals surface area contributed by atoms with Crippen molar-refractivity contribution in [1.82, 2.24) is 4.90 Å². The molecule has 4 nitrogen and oxygen atoms in total. The van der Waals surface area contributed by atoms with E-state index in [2.05, 4.69) is 0 Å². The van der Waals surface area contributed by atoms with E-state index in [0.29, 0.717) is 13.1 Å². The van der Waals surface area contributed by atoms with Crippen LogP contribution in [0.2, 0.25) is 0 Å². The van der Waals surface area contributed by atoms with Crippen molar-refractivity contribution in [1.29, 1.82) is 0 Å². The SMILES string of the molecule is C/C=C/C=C/C(=O)N(C/C(C)=C/C=O)Cc1ccc(OC)cc1. The molecular weight excluding hydrogens is 290 g/mol. The van der Waals surface area contributed by atoms with Gasteiger partial charge < -0.3 is 9.64 Å². The van der Waals surface area contributed by atoms with Crippen LogP contribution < -0.4 is 4.74 Å². The Morgan fingerprint density at radius 2 is 1.91 bits per heavy atom. The van der Waals surface area contributed by atoms with Crippen LogP contribution in [0.25, 0.3) is 0 Å². The molecule has 0 heterocycles. The molecule has 1 aromatic carbocycles. The average molecular weight is 313 g/mol. The second-order valence-electron chi connectivity index (χ2n) is 5.08. The number of hydrogen-bond donors (Lipinski definition) is 0. The Morgan fingerprint density at radius 3 is 2.48 bits per heavy atom. The Morgan fingerprint density at radius 1 is 1.22 bits per heavy atom. The van der Waals surface area contributed by atoms with Crippen molar-refractivity contribution in [3.05, 3.63) is 65.8 Å². The summed E-state index contributed by atoms with van der Waals surface area (Å²) < 4.78 is 5.14. The molecule has 1 aromatic rings. The number of allylic oxidation sites excluding steroid dienone is 4. The Hall–Kier alpha value is -2.62. The highest BCUT2D eigenvalue weighted by molar-refractivity contribution is 5.88. The maximum absolute atomic E-state index is 12.4. The van der Waals surface area contributed by atoms with E-state index in [9.17, 15) is 9.59 Å². The van der Waals surface area contributed by atoms with E-state index in [1.165, 1.54) is 12.2 Å². The first-order valence-corrected chi connectivity index (χ1v) is 7.42. The van der Waals surface area contributed by atoms with E-state index in [1.54, 1.807) is 24.2 Å². The van der Waals surface area contributed by atoms with Gasteiger partial charge in [-0.05, 0) is 37.6 Å². The highest BCUT2D eigenvalue weighted by Gasteiger charge is 2.12. The average Bonchev–Trinajstić information content (AvgIpc) is 2.55. The fraction of sp³-hybridized carbons (Fsp3) is 0.263. The van der Waals surface area contributed by atoms with E-state index < -0.39 is 0 Å². The Labute approximate surface area is 137 Å². The molecule has 0 fully saturated rings. The smallest absolute Gasteiger partial charge is 0.247 e. The first kappa shape index (κ1) is 18.4. The Bertz CT molecular complexity index is 598. The molecule has 0 aliphatic rings. The maximum Gasteiger partial charge on any atom is 0.247 e. The normalized spacial score (nSPS) is 11.9. The van der Waals surface area contributed by atoms with Crippen LogP contribution in [0.5, 0.6) is 5.75 Å². The van der Waals surface area contributed by atoms with Crippen LogP contribution in [0.4, 0.5) is 0 Å². The van der Waals surface area contributed by atoms with Crippen LogP contribution in [-0.2, 0) is 16.1 Å². The van der Waals surface area contributed by atoms with Crippen molar-refractivity contribution in [3.8, 4) is 5.75 Å². The topological polar surface area (TPSA) is 46.6 Å². The number of methoxy groups -OCH3 is 1. The lowest BCUT2D eigenvalue weighted by molar-refractivity contribution is -0.126. The van der Waals surface area contributed by atoms with Gasteiger partial charge in [0.25, 0.3) is 0 Å². The van der Waals surface area contributed by atoms with Gasteiger partial charge in [-0.1, -0.05) is 35.9 Å². The lowest BCUT2D eigenvalue weighted by atomic mass is 10.1. The molecule has 0 aliphatic heterocycles. The van der Waals surface area contributed by atoms with Gasteiger partial charge in [0.2, 0.25) is 5.91 Å². The molecule has 0 saturated carbocycles. The first-order chi connectivity index (χ1) is 11.1. The molecule has 0 N–H and O–H groups in total. The van der Waals surface area contributed by atoms with E-state index in [-0.39, 0.29) is 5.91 Å². The zero-order chi connectivity index (χ0) is 17.1. The maximum atomic E-state index is 12.4. The number of carbonyl (C=O) groups excluding carboxylic acids is 2. The Kier molecular flexibility index (Phi) is 8.14. The van der Waals surface area contributed by atoms with Crippen molar-refractivity contribution in [2.75, 3.05) is 13.7 Å². The van der Waals surface area contributed by atoms with Gasteiger partial charge in [-0.15, -0.1) is 0 Å². The van der Waals surface area contributed by atoms with E-state index in [0.717, 1.165) is 23.2 Å². The third-order valence-electron chi connectivity index (χ3n) is 3.18. The predicted octanol–water partition coefficient (Wildman–Crippen LogP) is 3.30. The molecule has 0 saturated heterocycles. The van der Waals surface area contributed by atoms with Gasteiger partial charge in [-0.2, -0.15) is 0 Å². The molecule has 1 amide bonds. The summed E-state index contributed by atoms with van der Waals surface area (Å²) >= 11 is 0. The van der Waals surface area contributed by atoms with Crippen molar-refractivity contribution >= 4 is 12.2 Å². The summed E-state index contributed by atoms with van der Waals surface area (Å²) in [4.78, 5) is 24.6. The highest BCUT2D eigenvalue weighted by atomic mass is 16.5. The van der Waals surface area contributed by atoms with Gasteiger partial charge in [-0.3, -0.25) is 9.59 Å². The van der Waals surface area contributed by atoms with Gasteiger partial charge >= 0.3 is 0 Å². The lowest BCUT2D eigenvalue weighted by Crippen LogP contribution is -2.30. The minimum Gasteiger partial charge on any atom is -0.497 e. The van der Waals surface area contributed by atoms with Crippen LogP contribution in [0.3, 0.4) is 0 Å².